The van der Waals surface area contributed by atoms with E-state index < -0.39 is 5.60 Å². The van der Waals surface area contributed by atoms with E-state index in [-0.39, 0.29) is 0 Å². The minimum Gasteiger partial charge on any atom is -0.441 e. The first-order valence-electron chi connectivity index (χ1n) is 12.6. The Hall–Kier alpha value is -2.13. The Morgan fingerprint density at radius 3 is 1.91 bits per heavy atom. The van der Waals surface area contributed by atoms with Crippen LogP contribution >= 0.6 is 0 Å². The molecule has 1 aliphatic carbocycles. The summed E-state index contributed by atoms with van der Waals surface area (Å²) in [5.41, 5.74) is 9.29. The molecule has 4 rings (SSSR count). The zero-order chi connectivity index (χ0) is 24.7. The fraction of sp³-hybridized carbons (Fsp3) is 0.567. The van der Waals surface area contributed by atoms with E-state index in [1.807, 2.05) is 13.8 Å². The molecule has 0 saturated heterocycles. The first-order valence-corrected chi connectivity index (χ1v) is 12.6. The molecule has 1 aliphatic rings. The average molecular weight is 450 g/mol. The van der Waals surface area contributed by atoms with E-state index in [1.54, 1.807) is 0 Å². The Balaban J connectivity index is 0.000000186. The molecule has 1 heterocycles. The zero-order valence-corrected chi connectivity index (χ0v) is 22.3. The van der Waals surface area contributed by atoms with Gasteiger partial charge in [-0.05, 0) is 82.9 Å². The number of nitrogens with zero attached hydrogens (tertiary/aromatic N) is 1. The number of hydrogen-bond acceptors (Lipinski definition) is 3. The third-order valence-electron chi connectivity index (χ3n) is 6.97. The number of fused-ring (bicyclic) bond motifs is 2. The minimum atomic E-state index is -0.621. The van der Waals surface area contributed by atoms with Gasteiger partial charge in [0, 0.05) is 6.92 Å². The Bertz CT molecular complexity index is 1120. The second-order valence-electron chi connectivity index (χ2n) is 11.2. The topological polar surface area (TPSA) is 46.3 Å². The van der Waals surface area contributed by atoms with Gasteiger partial charge in [0.25, 0.3) is 0 Å². The largest absolute Gasteiger partial charge is 0.441 e. The van der Waals surface area contributed by atoms with E-state index in [4.69, 9.17) is 4.42 Å². The molecule has 33 heavy (non-hydrogen) atoms. The van der Waals surface area contributed by atoms with Crippen molar-refractivity contribution >= 4 is 11.1 Å². The van der Waals surface area contributed by atoms with Gasteiger partial charge in [0.15, 0.2) is 11.5 Å². The standard InChI is InChI=1S/C16H24O.C14H19NO/c1-10(2)12-8-14(11(3)4)13-6-7-16(5,17)15(13)9-12;1-8(2)11-6-12(9(3)4)14-13(7-11)15-10(5)16-14/h8-11,17H,6-7H2,1-5H3;6-9H,1-5H3. The monoisotopic (exact) mass is 449 g/mol. The van der Waals surface area contributed by atoms with Gasteiger partial charge in [-0.25, -0.2) is 4.98 Å². The molecule has 2 aromatic carbocycles. The van der Waals surface area contributed by atoms with Gasteiger partial charge in [0.1, 0.15) is 5.52 Å². The van der Waals surface area contributed by atoms with Crippen molar-refractivity contribution < 1.29 is 9.52 Å². The van der Waals surface area contributed by atoms with Gasteiger partial charge in [0.05, 0.1) is 5.60 Å². The SMILES string of the molecule is CC(C)c1cc(C(C)C)c2c(c1)C(C)(O)CC2.Cc1nc2cc(C(C)C)cc(C(C)C)c2o1. The van der Waals surface area contributed by atoms with E-state index in [0.717, 1.165) is 29.8 Å². The lowest BCUT2D eigenvalue weighted by Crippen LogP contribution is -2.17. The van der Waals surface area contributed by atoms with Crippen molar-refractivity contribution in [2.45, 2.75) is 111 Å². The highest BCUT2D eigenvalue weighted by atomic mass is 16.3. The van der Waals surface area contributed by atoms with Crippen LogP contribution in [0.1, 0.15) is 132 Å². The maximum Gasteiger partial charge on any atom is 0.192 e. The molecule has 0 saturated carbocycles. The normalized spacial score (nSPS) is 17.9. The van der Waals surface area contributed by atoms with E-state index in [2.05, 4.69) is 84.6 Å². The summed E-state index contributed by atoms with van der Waals surface area (Å²) in [7, 11) is 0. The molecule has 180 valence electrons. The molecule has 0 spiro atoms. The second-order valence-corrected chi connectivity index (χ2v) is 11.2. The summed E-state index contributed by atoms with van der Waals surface area (Å²) < 4.78 is 5.68. The van der Waals surface area contributed by atoms with Gasteiger partial charge in [-0.1, -0.05) is 73.6 Å². The van der Waals surface area contributed by atoms with Gasteiger partial charge in [0.2, 0.25) is 0 Å². The number of aryl methyl sites for hydroxylation is 1. The molecule has 1 unspecified atom stereocenters. The summed E-state index contributed by atoms with van der Waals surface area (Å²) in [5.74, 6) is 2.80. The van der Waals surface area contributed by atoms with Gasteiger partial charge in [-0.2, -0.15) is 0 Å². The van der Waals surface area contributed by atoms with Crippen LogP contribution < -0.4 is 0 Å². The van der Waals surface area contributed by atoms with Gasteiger partial charge in [-0.3, -0.25) is 0 Å². The van der Waals surface area contributed by atoms with Crippen LogP contribution in [0.3, 0.4) is 0 Å². The van der Waals surface area contributed by atoms with Crippen LogP contribution in [0, 0.1) is 6.92 Å². The summed E-state index contributed by atoms with van der Waals surface area (Å²) in [6.07, 6.45) is 1.89. The van der Waals surface area contributed by atoms with Gasteiger partial charge in [-0.15, -0.1) is 0 Å². The van der Waals surface area contributed by atoms with E-state index in [9.17, 15) is 5.11 Å². The van der Waals surface area contributed by atoms with Crippen molar-refractivity contribution in [3.63, 3.8) is 0 Å². The first kappa shape index (κ1) is 25.5. The summed E-state index contributed by atoms with van der Waals surface area (Å²) >= 11 is 0. The van der Waals surface area contributed by atoms with Crippen molar-refractivity contribution in [1.82, 2.24) is 4.98 Å². The molecule has 0 fully saturated rings. The maximum atomic E-state index is 10.5. The molecule has 1 N–H and O–H groups in total. The van der Waals surface area contributed by atoms with Crippen molar-refractivity contribution in [3.8, 4) is 0 Å². The molecule has 0 radical (unpaired) electrons. The molecule has 0 amide bonds. The Morgan fingerprint density at radius 2 is 1.36 bits per heavy atom. The highest BCUT2D eigenvalue weighted by Crippen LogP contribution is 2.41. The molecular weight excluding hydrogens is 406 g/mol. The van der Waals surface area contributed by atoms with Crippen molar-refractivity contribution in [2.75, 3.05) is 0 Å². The van der Waals surface area contributed by atoms with Crippen LogP contribution in [0.5, 0.6) is 0 Å². The molecule has 0 bridgehead atoms. The Labute approximate surface area is 200 Å². The molecule has 3 nitrogen and oxygen atoms in total. The molecule has 3 heteroatoms. The van der Waals surface area contributed by atoms with Crippen LogP contribution in [0.15, 0.2) is 28.7 Å². The summed E-state index contributed by atoms with van der Waals surface area (Å²) in [6, 6.07) is 8.96. The maximum absolute atomic E-state index is 10.5. The highest BCUT2D eigenvalue weighted by molar-refractivity contribution is 5.78. The zero-order valence-electron chi connectivity index (χ0n) is 22.3. The number of rotatable bonds is 4. The van der Waals surface area contributed by atoms with Gasteiger partial charge >= 0.3 is 0 Å². The van der Waals surface area contributed by atoms with E-state index >= 15 is 0 Å². The fourth-order valence-electron chi connectivity index (χ4n) is 4.78. The summed E-state index contributed by atoms with van der Waals surface area (Å²) in [6.45, 7) is 21.6. The second kappa shape index (κ2) is 9.62. The minimum absolute atomic E-state index is 0.466. The number of aliphatic hydroxyl groups is 1. The quantitative estimate of drug-likeness (QED) is 0.434. The Kier molecular flexibility index (Phi) is 7.43. The van der Waals surface area contributed by atoms with Crippen LogP contribution in [-0.2, 0) is 12.0 Å². The fourth-order valence-corrected chi connectivity index (χ4v) is 4.78. The molecule has 0 aliphatic heterocycles. The predicted octanol–water partition coefficient (Wildman–Crippen LogP) is 8.47. The molecule has 1 aromatic heterocycles. The number of oxazole rings is 1. The molecule has 1 atom stereocenters. The molecule has 3 aromatic rings. The van der Waals surface area contributed by atoms with Crippen LogP contribution in [-0.4, -0.2) is 10.1 Å². The Morgan fingerprint density at radius 1 is 0.818 bits per heavy atom. The number of benzene rings is 2. The average Bonchev–Trinajstić information content (AvgIpc) is 3.24. The first-order chi connectivity index (χ1) is 15.3. The van der Waals surface area contributed by atoms with Crippen LogP contribution in [0.25, 0.3) is 11.1 Å². The summed E-state index contributed by atoms with van der Waals surface area (Å²) in [5, 5.41) is 10.5. The van der Waals surface area contributed by atoms with E-state index in [1.165, 1.54) is 33.4 Å². The molecular formula is C30H43NO2. The third-order valence-corrected chi connectivity index (χ3v) is 6.97. The lowest BCUT2D eigenvalue weighted by molar-refractivity contribution is 0.0594. The van der Waals surface area contributed by atoms with Crippen molar-refractivity contribution in [3.05, 3.63) is 63.5 Å². The predicted molar refractivity (Wildman–Crippen MR) is 139 cm³/mol. The van der Waals surface area contributed by atoms with Crippen LogP contribution in [0.2, 0.25) is 0 Å². The smallest absolute Gasteiger partial charge is 0.192 e. The highest BCUT2D eigenvalue weighted by Gasteiger charge is 2.34. The van der Waals surface area contributed by atoms with E-state index in [0.29, 0.717) is 23.7 Å². The number of hydrogen-bond donors (Lipinski definition) is 1. The van der Waals surface area contributed by atoms with Crippen molar-refractivity contribution in [1.29, 1.82) is 0 Å². The van der Waals surface area contributed by atoms with Gasteiger partial charge < -0.3 is 9.52 Å². The lowest BCUT2D eigenvalue weighted by Gasteiger charge is -2.22. The van der Waals surface area contributed by atoms with Crippen molar-refractivity contribution in [2.24, 2.45) is 0 Å². The number of aromatic nitrogens is 1. The lowest BCUT2D eigenvalue weighted by atomic mass is 9.87. The summed E-state index contributed by atoms with van der Waals surface area (Å²) in [4.78, 5) is 4.43. The van der Waals surface area contributed by atoms with Crippen LogP contribution in [0.4, 0.5) is 0 Å². The third kappa shape index (κ3) is 5.35.